The van der Waals surface area contributed by atoms with Crippen LogP contribution in [-0.4, -0.2) is 44.5 Å². The molecule has 0 aromatic heterocycles. The van der Waals surface area contributed by atoms with Crippen molar-refractivity contribution < 1.29 is 19.1 Å². The Hall–Kier alpha value is -3.06. The van der Waals surface area contributed by atoms with Gasteiger partial charge < -0.3 is 25.4 Å². The summed E-state index contributed by atoms with van der Waals surface area (Å²) in [7, 11) is 5.47. The summed E-state index contributed by atoms with van der Waals surface area (Å²) in [6.07, 6.45) is 0. The Kier molecular flexibility index (Phi) is 7.19. The second-order valence-electron chi connectivity index (χ2n) is 6.31. The molecule has 0 aliphatic rings. The zero-order valence-corrected chi connectivity index (χ0v) is 15.8. The summed E-state index contributed by atoms with van der Waals surface area (Å²) in [6, 6.07) is 12.7. The van der Waals surface area contributed by atoms with Crippen LogP contribution in [0.3, 0.4) is 0 Å². The van der Waals surface area contributed by atoms with E-state index in [0.29, 0.717) is 23.6 Å². The lowest BCUT2D eigenvalue weighted by atomic mass is 10.1. The highest BCUT2D eigenvalue weighted by atomic mass is 16.5. The molecule has 0 fully saturated rings. The minimum absolute atomic E-state index is 0.227. The summed E-state index contributed by atoms with van der Waals surface area (Å²) in [5, 5.41) is 2.92. The number of nitrogens with two attached hydrogens (primary N) is 1. The first-order valence-electron chi connectivity index (χ1n) is 8.49. The van der Waals surface area contributed by atoms with Crippen LogP contribution in [-0.2, 0) is 17.9 Å². The van der Waals surface area contributed by atoms with Crippen molar-refractivity contribution in [2.45, 2.75) is 13.1 Å². The van der Waals surface area contributed by atoms with Gasteiger partial charge in [0.1, 0.15) is 0 Å². The zero-order valence-electron chi connectivity index (χ0n) is 15.8. The van der Waals surface area contributed by atoms with Crippen molar-refractivity contribution >= 4 is 11.8 Å². The number of amides is 2. The van der Waals surface area contributed by atoms with Crippen LogP contribution in [0.4, 0.5) is 0 Å². The number of methoxy groups -OCH3 is 1. The Balaban J connectivity index is 2.07. The minimum atomic E-state index is -0.588. The van der Waals surface area contributed by atoms with Crippen molar-refractivity contribution in [3.63, 3.8) is 0 Å². The predicted molar refractivity (Wildman–Crippen MR) is 103 cm³/mol. The summed E-state index contributed by atoms with van der Waals surface area (Å²) in [4.78, 5) is 25.4. The van der Waals surface area contributed by atoms with E-state index in [2.05, 4.69) is 16.3 Å². The van der Waals surface area contributed by atoms with Crippen LogP contribution in [0.15, 0.2) is 42.5 Å². The number of nitrogens with zero attached hydrogens (tertiary/aromatic N) is 1. The van der Waals surface area contributed by atoms with Gasteiger partial charge in [0.25, 0.3) is 11.8 Å². The van der Waals surface area contributed by atoms with E-state index in [4.69, 9.17) is 15.2 Å². The Morgan fingerprint density at radius 2 is 1.78 bits per heavy atom. The third kappa shape index (κ3) is 6.00. The van der Waals surface area contributed by atoms with Crippen LogP contribution in [0.1, 0.15) is 21.5 Å². The highest BCUT2D eigenvalue weighted by molar-refractivity contribution is 5.94. The largest absolute Gasteiger partial charge is 0.493 e. The van der Waals surface area contributed by atoms with E-state index in [0.717, 1.165) is 17.7 Å². The molecule has 0 aliphatic carbocycles. The van der Waals surface area contributed by atoms with Crippen molar-refractivity contribution in [1.82, 2.24) is 10.2 Å². The fourth-order valence-electron chi connectivity index (χ4n) is 2.58. The highest BCUT2D eigenvalue weighted by Gasteiger charge is 2.12. The molecule has 0 atom stereocenters. The van der Waals surface area contributed by atoms with Crippen LogP contribution in [0, 0.1) is 0 Å². The van der Waals surface area contributed by atoms with Crippen molar-refractivity contribution in [3.05, 3.63) is 59.2 Å². The van der Waals surface area contributed by atoms with Crippen molar-refractivity contribution in [2.75, 3.05) is 27.8 Å². The lowest BCUT2D eigenvalue weighted by Crippen LogP contribution is -2.24. The van der Waals surface area contributed by atoms with Gasteiger partial charge in [-0.3, -0.25) is 9.59 Å². The molecule has 0 spiro atoms. The highest BCUT2D eigenvalue weighted by Crippen LogP contribution is 2.28. The van der Waals surface area contributed by atoms with Crippen LogP contribution >= 0.6 is 0 Å². The third-order valence-corrected chi connectivity index (χ3v) is 3.84. The van der Waals surface area contributed by atoms with Gasteiger partial charge in [0.2, 0.25) is 0 Å². The Morgan fingerprint density at radius 1 is 1.07 bits per heavy atom. The lowest BCUT2D eigenvalue weighted by molar-refractivity contribution is -0.119. The predicted octanol–water partition coefficient (Wildman–Crippen LogP) is 1.55. The molecule has 0 aliphatic heterocycles. The average Bonchev–Trinajstić information content (AvgIpc) is 2.64. The molecule has 7 heteroatoms. The molecule has 0 heterocycles. The van der Waals surface area contributed by atoms with E-state index in [-0.39, 0.29) is 12.5 Å². The molecule has 3 N–H and O–H groups in total. The van der Waals surface area contributed by atoms with E-state index in [1.165, 1.54) is 7.11 Å². The molecule has 2 amide bonds. The summed E-state index contributed by atoms with van der Waals surface area (Å²) in [5.41, 5.74) is 7.73. The molecule has 7 nitrogen and oxygen atoms in total. The van der Waals surface area contributed by atoms with Crippen LogP contribution in [0.2, 0.25) is 0 Å². The molecular formula is C20H25N3O4. The molecule has 0 saturated heterocycles. The van der Waals surface area contributed by atoms with Gasteiger partial charge in [0, 0.05) is 18.7 Å². The lowest BCUT2D eigenvalue weighted by Gasteiger charge is -2.15. The van der Waals surface area contributed by atoms with Crippen molar-refractivity contribution in [2.24, 2.45) is 5.73 Å². The molecular weight excluding hydrogens is 346 g/mol. The standard InChI is InChI=1S/C20H25N3O4/c1-23(2)12-16-7-5-4-6-15(16)11-22-20(25)14-8-9-17(18(10-14)26-3)27-13-19(21)24/h4-10H,11-13H2,1-3H3,(H2,21,24)(H,22,25). The minimum Gasteiger partial charge on any atom is -0.493 e. The number of carbonyl (C=O) groups excluding carboxylic acids is 2. The first-order chi connectivity index (χ1) is 12.9. The van der Waals surface area contributed by atoms with E-state index in [9.17, 15) is 9.59 Å². The van der Waals surface area contributed by atoms with Gasteiger partial charge in [-0.15, -0.1) is 0 Å². The molecule has 27 heavy (non-hydrogen) atoms. The molecule has 2 aromatic rings. The zero-order chi connectivity index (χ0) is 19.8. The van der Waals surface area contributed by atoms with Gasteiger partial charge in [-0.05, 0) is 43.4 Å². The van der Waals surface area contributed by atoms with Crippen molar-refractivity contribution in [1.29, 1.82) is 0 Å². The average molecular weight is 371 g/mol. The summed E-state index contributed by atoms with van der Waals surface area (Å²) < 4.78 is 10.5. The molecule has 0 saturated carbocycles. The first kappa shape index (κ1) is 20.3. The van der Waals surface area contributed by atoms with Gasteiger partial charge in [0.05, 0.1) is 7.11 Å². The summed E-state index contributed by atoms with van der Waals surface area (Å²) in [5.74, 6) is -0.106. The normalized spacial score (nSPS) is 10.5. The monoisotopic (exact) mass is 371 g/mol. The smallest absolute Gasteiger partial charge is 0.255 e. The Morgan fingerprint density at radius 3 is 2.41 bits per heavy atom. The van der Waals surface area contributed by atoms with Gasteiger partial charge in [-0.2, -0.15) is 0 Å². The van der Waals surface area contributed by atoms with Gasteiger partial charge in [0.15, 0.2) is 18.1 Å². The fourth-order valence-corrected chi connectivity index (χ4v) is 2.58. The summed E-state index contributed by atoms with van der Waals surface area (Å²) in [6.45, 7) is 0.960. The molecule has 0 bridgehead atoms. The van der Waals surface area contributed by atoms with Crippen LogP contribution in [0.25, 0.3) is 0 Å². The number of nitrogens with one attached hydrogen (secondary N) is 1. The number of benzene rings is 2. The first-order valence-corrected chi connectivity index (χ1v) is 8.49. The molecule has 144 valence electrons. The number of primary amides is 1. The maximum atomic E-state index is 12.5. The number of rotatable bonds is 9. The van der Waals surface area contributed by atoms with E-state index < -0.39 is 5.91 Å². The fraction of sp³-hybridized carbons (Fsp3) is 0.300. The van der Waals surface area contributed by atoms with E-state index in [1.54, 1.807) is 18.2 Å². The van der Waals surface area contributed by atoms with E-state index >= 15 is 0 Å². The second-order valence-corrected chi connectivity index (χ2v) is 6.31. The van der Waals surface area contributed by atoms with E-state index in [1.807, 2.05) is 32.3 Å². The second kappa shape index (κ2) is 9.59. The van der Waals surface area contributed by atoms with Crippen molar-refractivity contribution in [3.8, 4) is 11.5 Å². The Labute approximate surface area is 159 Å². The number of hydrogen-bond acceptors (Lipinski definition) is 5. The number of ether oxygens (including phenoxy) is 2. The summed E-state index contributed by atoms with van der Waals surface area (Å²) >= 11 is 0. The maximum absolute atomic E-state index is 12.5. The van der Waals surface area contributed by atoms with Gasteiger partial charge in [-0.25, -0.2) is 0 Å². The number of hydrogen-bond donors (Lipinski definition) is 2. The third-order valence-electron chi connectivity index (χ3n) is 3.84. The Bertz CT molecular complexity index is 806. The van der Waals surface area contributed by atoms with Crippen LogP contribution < -0.4 is 20.5 Å². The molecule has 0 radical (unpaired) electrons. The topological polar surface area (TPSA) is 93.9 Å². The molecule has 2 rings (SSSR count). The number of carbonyl (C=O) groups is 2. The quantitative estimate of drug-likeness (QED) is 0.698. The molecule has 0 unspecified atom stereocenters. The SMILES string of the molecule is COc1cc(C(=O)NCc2ccccc2CN(C)C)ccc1OCC(N)=O. The van der Waals surface area contributed by atoms with Gasteiger partial charge in [-0.1, -0.05) is 24.3 Å². The maximum Gasteiger partial charge on any atom is 0.255 e. The molecule has 2 aromatic carbocycles. The van der Waals surface area contributed by atoms with Crippen LogP contribution in [0.5, 0.6) is 11.5 Å². The van der Waals surface area contributed by atoms with Gasteiger partial charge >= 0.3 is 0 Å².